The van der Waals surface area contributed by atoms with Crippen molar-refractivity contribution in [2.24, 2.45) is 0 Å². The fourth-order valence-electron chi connectivity index (χ4n) is 1.96. The highest BCUT2D eigenvalue weighted by molar-refractivity contribution is 5.94. The van der Waals surface area contributed by atoms with Gasteiger partial charge >= 0.3 is 0 Å². The molecule has 0 fully saturated rings. The van der Waals surface area contributed by atoms with Crippen LogP contribution in [0.15, 0.2) is 48.8 Å². The van der Waals surface area contributed by atoms with Crippen LogP contribution < -0.4 is 10.1 Å². The monoisotopic (exact) mass is 284 g/mol. The number of nitrogens with zero attached hydrogens (tertiary/aromatic N) is 1. The van der Waals surface area contributed by atoms with E-state index in [0.29, 0.717) is 12.2 Å². The van der Waals surface area contributed by atoms with Crippen LogP contribution >= 0.6 is 0 Å². The second kappa shape index (κ2) is 7.43. The number of carbonyl (C=O) groups is 1. The van der Waals surface area contributed by atoms with Gasteiger partial charge in [-0.25, -0.2) is 0 Å². The molecule has 1 unspecified atom stereocenters. The topological polar surface area (TPSA) is 51.2 Å². The summed E-state index contributed by atoms with van der Waals surface area (Å²) in [6, 6.07) is 11.0. The third-order valence-electron chi connectivity index (χ3n) is 3.12. The Kier molecular flexibility index (Phi) is 5.32. The Morgan fingerprint density at radius 2 is 2.05 bits per heavy atom. The van der Waals surface area contributed by atoms with Gasteiger partial charge in [0.15, 0.2) is 0 Å². The van der Waals surface area contributed by atoms with Crippen LogP contribution in [0.2, 0.25) is 0 Å². The quantitative estimate of drug-likeness (QED) is 0.885. The van der Waals surface area contributed by atoms with E-state index in [4.69, 9.17) is 4.74 Å². The number of rotatable bonds is 6. The largest absolute Gasteiger partial charge is 0.494 e. The molecule has 0 radical (unpaired) electrons. The van der Waals surface area contributed by atoms with Gasteiger partial charge in [0.2, 0.25) is 0 Å². The summed E-state index contributed by atoms with van der Waals surface area (Å²) >= 11 is 0. The Morgan fingerprint density at radius 3 is 2.76 bits per heavy atom. The Morgan fingerprint density at radius 1 is 1.29 bits per heavy atom. The molecule has 0 spiro atoms. The Labute approximate surface area is 125 Å². The summed E-state index contributed by atoms with van der Waals surface area (Å²) in [6.07, 6.45) is 4.38. The third-order valence-corrected chi connectivity index (χ3v) is 3.12. The Balaban J connectivity index is 2.03. The van der Waals surface area contributed by atoms with E-state index in [1.807, 2.05) is 38.1 Å². The molecular weight excluding hydrogens is 264 g/mol. The standard InChI is InChI=1S/C17H20N2O2/c1-3-11-21-16-6-4-5-15(12-16)17(20)19-13(2)14-7-9-18-10-8-14/h4-10,12-13H,3,11H2,1-2H3,(H,19,20). The van der Waals surface area contributed by atoms with Crippen molar-refractivity contribution in [3.05, 3.63) is 59.9 Å². The normalized spacial score (nSPS) is 11.7. The number of aromatic nitrogens is 1. The van der Waals surface area contributed by atoms with Crippen molar-refractivity contribution in [2.75, 3.05) is 6.61 Å². The van der Waals surface area contributed by atoms with Crippen molar-refractivity contribution < 1.29 is 9.53 Å². The molecule has 1 N–H and O–H groups in total. The van der Waals surface area contributed by atoms with Gasteiger partial charge in [-0.15, -0.1) is 0 Å². The molecule has 0 aliphatic carbocycles. The highest BCUT2D eigenvalue weighted by Gasteiger charge is 2.11. The number of nitrogens with one attached hydrogen (secondary N) is 1. The number of ether oxygens (including phenoxy) is 1. The first-order valence-electron chi connectivity index (χ1n) is 7.14. The molecule has 21 heavy (non-hydrogen) atoms. The van der Waals surface area contributed by atoms with E-state index in [0.717, 1.165) is 17.7 Å². The van der Waals surface area contributed by atoms with Crippen molar-refractivity contribution in [1.82, 2.24) is 10.3 Å². The minimum Gasteiger partial charge on any atom is -0.494 e. The molecule has 110 valence electrons. The third kappa shape index (κ3) is 4.31. The lowest BCUT2D eigenvalue weighted by molar-refractivity contribution is 0.0939. The summed E-state index contributed by atoms with van der Waals surface area (Å²) in [4.78, 5) is 16.2. The average Bonchev–Trinajstić information content (AvgIpc) is 2.54. The first-order valence-corrected chi connectivity index (χ1v) is 7.14. The Bertz CT molecular complexity index is 584. The van der Waals surface area contributed by atoms with Gasteiger partial charge in [0, 0.05) is 18.0 Å². The fourth-order valence-corrected chi connectivity index (χ4v) is 1.96. The lowest BCUT2D eigenvalue weighted by Crippen LogP contribution is -2.26. The van der Waals surface area contributed by atoms with Gasteiger partial charge < -0.3 is 10.1 Å². The molecule has 1 heterocycles. The van der Waals surface area contributed by atoms with Crippen LogP contribution in [0.1, 0.15) is 42.2 Å². The van der Waals surface area contributed by atoms with E-state index in [2.05, 4.69) is 10.3 Å². The highest BCUT2D eigenvalue weighted by atomic mass is 16.5. The first-order chi connectivity index (χ1) is 10.2. The second-order valence-electron chi connectivity index (χ2n) is 4.85. The molecule has 1 aromatic heterocycles. The van der Waals surface area contributed by atoms with Crippen LogP contribution in [0.3, 0.4) is 0 Å². The summed E-state index contributed by atoms with van der Waals surface area (Å²) < 4.78 is 5.55. The smallest absolute Gasteiger partial charge is 0.251 e. The molecule has 1 aromatic carbocycles. The molecule has 4 heteroatoms. The number of carbonyl (C=O) groups excluding carboxylic acids is 1. The SMILES string of the molecule is CCCOc1cccc(C(=O)NC(C)c2ccncc2)c1. The van der Waals surface area contributed by atoms with Crippen molar-refractivity contribution in [3.8, 4) is 5.75 Å². The van der Waals surface area contributed by atoms with Crippen molar-refractivity contribution in [2.45, 2.75) is 26.3 Å². The zero-order chi connectivity index (χ0) is 15.1. The highest BCUT2D eigenvalue weighted by Crippen LogP contribution is 2.16. The zero-order valence-electron chi connectivity index (χ0n) is 12.4. The van der Waals surface area contributed by atoms with Gasteiger partial charge in [-0.05, 0) is 49.2 Å². The summed E-state index contributed by atoms with van der Waals surface area (Å²) in [7, 11) is 0. The number of amides is 1. The van der Waals surface area contributed by atoms with Gasteiger partial charge in [-0.2, -0.15) is 0 Å². The first kappa shape index (κ1) is 15.0. The molecular formula is C17H20N2O2. The van der Waals surface area contributed by atoms with E-state index in [1.54, 1.807) is 24.5 Å². The molecule has 0 aliphatic rings. The minimum atomic E-state index is -0.110. The number of hydrogen-bond donors (Lipinski definition) is 1. The predicted molar refractivity (Wildman–Crippen MR) is 82.3 cm³/mol. The van der Waals surface area contributed by atoms with Crippen molar-refractivity contribution in [3.63, 3.8) is 0 Å². The van der Waals surface area contributed by atoms with E-state index in [1.165, 1.54) is 0 Å². The maximum atomic E-state index is 12.3. The van der Waals surface area contributed by atoms with E-state index in [9.17, 15) is 4.79 Å². The van der Waals surface area contributed by atoms with Crippen molar-refractivity contribution >= 4 is 5.91 Å². The molecule has 2 rings (SSSR count). The van der Waals surface area contributed by atoms with Crippen LogP contribution in [-0.2, 0) is 0 Å². The van der Waals surface area contributed by atoms with Gasteiger partial charge in [-0.1, -0.05) is 13.0 Å². The lowest BCUT2D eigenvalue weighted by Gasteiger charge is -2.14. The summed E-state index contributed by atoms with van der Waals surface area (Å²) in [5.41, 5.74) is 1.63. The number of benzene rings is 1. The number of hydrogen-bond acceptors (Lipinski definition) is 3. The molecule has 0 saturated carbocycles. The second-order valence-corrected chi connectivity index (χ2v) is 4.85. The molecule has 0 bridgehead atoms. The predicted octanol–water partition coefficient (Wildman–Crippen LogP) is 3.36. The summed E-state index contributed by atoms with van der Waals surface area (Å²) in [5, 5.41) is 2.97. The van der Waals surface area contributed by atoms with Crippen LogP contribution in [0, 0.1) is 0 Å². The van der Waals surface area contributed by atoms with Crippen LogP contribution in [0.5, 0.6) is 5.75 Å². The van der Waals surface area contributed by atoms with Gasteiger partial charge in [0.25, 0.3) is 5.91 Å². The summed E-state index contributed by atoms with van der Waals surface area (Å²) in [5.74, 6) is 0.613. The van der Waals surface area contributed by atoms with Crippen molar-refractivity contribution in [1.29, 1.82) is 0 Å². The van der Waals surface area contributed by atoms with Gasteiger partial charge in [-0.3, -0.25) is 9.78 Å². The number of pyridine rings is 1. The average molecular weight is 284 g/mol. The molecule has 4 nitrogen and oxygen atoms in total. The molecule has 2 aromatic rings. The fraction of sp³-hybridized carbons (Fsp3) is 0.294. The van der Waals surface area contributed by atoms with Crippen LogP contribution in [0.4, 0.5) is 0 Å². The maximum absolute atomic E-state index is 12.3. The lowest BCUT2D eigenvalue weighted by atomic mass is 10.1. The molecule has 0 saturated heterocycles. The van der Waals surface area contributed by atoms with E-state index in [-0.39, 0.29) is 11.9 Å². The van der Waals surface area contributed by atoms with E-state index >= 15 is 0 Å². The van der Waals surface area contributed by atoms with Gasteiger partial charge in [0.1, 0.15) is 5.75 Å². The zero-order valence-corrected chi connectivity index (χ0v) is 12.4. The molecule has 1 atom stereocenters. The maximum Gasteiger partial charge on any atom is 0.251 e. The van der Waals surface area contributed by atoms with Crippen LogP contribution in [-0.4, -0.2) is 17.5 Å². The summed E-state index contributed by atoms with van der Waals surface area (Å²) in [6.45, 7) is 4.65. The molecule has 0 aliphatic heterocycles. The van der Waals surface area contributed by atoms with E-state index < -0.39 is 0 Å². The van der Waals surface area contributed by atoms with Gasteiger partial charge in [0.05, 0.1) is 12.6 Å². The minimum absolute atomic E-state index is 0.0688. The van der Waals surface area contributed by atoms with Crippen LogP contribution in [0.25, 0.3) is 0 Å². The Hall–Kier alpha value is -2.36. The molecule has 1 amide bonds.